The van der Waals surface area contributed by atoms with Crippen LogP contribution in [-0.2, 0) is 0 Å². The van der Waals surface area contributed by atoms with Gasteiger partial charge in [0.2, 0.25) is 0 Å². The number of nitrogen functional groups attached to an aromatic ring is 1. The SMILES string of the molecule is Nc1cc(I)c(F)cc1N1CCC(CN2CCCC2)CC1. The lowest BCUT2D eigenvalue weighted by Gasteiger charge is -2.35. The second-order valence-corrected chi connectivity index (χ2v) is 7.43. The van der Waals surface area contributed by atoms with E-state index in [1.165, 1.54) is 45.3 Å². The molecule has 116 valence electrons. The highest BCUT2D eigenvalue weighted by Crippen LogP contribution is 2.31. The molecular formula is C16H23FIN3. The van der Waals surface area contributed by atoms with Gasteiger partial charge in [0.25, 0.3) is 0 Å². The van der Waals surface area contributed by atoms with Crippen molar-refractivity contribution in [3.63, 3.8) is 0 Å². The molecule has 3 nitrogen and oxygen atoms in total. The van der Waals surface area contributed by atoms with Gasteiger partial charge in [0.15, 0.2) is 0 Å². The number of rotatable bonds is 3. The van der Waals surface area contributed by atoms with E-state index in [1.807, 2.05) is 22.6 Å². The summed E-state index contributed by atoms with van der Waals surface area (Å²) in [5.74, 6) is 0.619. The molecule has 0 bridgehead atoms. The van der Waals surface area contributed by atoms with E-state index < -0.39 is 0 Å². The Morgan fingerprint density at radius 1 is 1.14 bits per heavy atom. The van der Waals surface area contributed by atoms with Crippen LogP contribution >= 0.6 is 22.6 Å². The van der Waals surface area contributed by atoms with Gasteiger partial charge in [-0.3, -0.25) is 0 Å². The Labute approximate surface area is 139 Å². The van der Waals surface area contributed by atoms with E-state index in [1.54, 1.807) is 12.1 Å². The maximum absolute atomic E-state index is 13.8. The molecule has 0 aromatic heterocycles. The van der Waals surface area contributed by atoms with Gasteiger partial charge in [-0.25, -0.2) is 4.39 Å². The molecule has 2 aliphatic rings. The van der Waals surface area contributed by atoms with Crippen LogP contribution < -0.4 is 10.6 Å². The van der Waals surface area contributed by atoms with E-state index in [4.69, 9.17) is 5.73 Å². The van der Waals surface area contributed by atoms with Crippen LogP contribution in [0.25, 0.3) is 0 Å². The Bertz CT molecular complexity index is 495. The highest BCUT2D eigenvalue weighted by atomic mass is 127. The van der Waals surface area contributed by atoms with E-state index in [-0.39, 0.29) is 5.82 Å². The maximum atomic E-state index is 13.8. The Balaban J connectivity index is 1.59. The summed E-state index contributed by atoms with van der Waals surface area (Å²) in [5.41, 5.74) is 7.63. The number of anilines is 2. The third-order valence-electron chi connectivity index (χ3n) is 4.74. The molecule has 2 fully saturated rings. The highest BCUT2D eigenvalue weighted by Gasteiger charge is 2.24. The lowest BCUT2D eigenvalue weighted by atomic mass is 9.95. The van der Waals surface area contributed by atoms with Gasteiger partial charge in [0, 0.05) is 25.7 Å². The van der Waals surface area contributed by atoms with E-state index in [0.29, 0.717) is 9.26 Å². The topological polar surface area (TPSA) is 32.5 Å². The average molecular weight is 403 g/mol. The van der Waals surface area contributed by atoms with Gasteiger partial charge in [-0.05, 0) is 73.3 Å². The van der Waals surface area contributed by atoms with Crippen LogP contribution in [0.1, 0.15) is 25.7 Å². The van der Waals surface area contributed by atoms with Crippen LogP contribution in [0, 0.1) is 15.3 Å². The molecule has 21 heavy (non-hydrogen) atoms. The molecule has 1 aromatic rings. The summed E-state index contributed by atoms with van der Waals surface area (Å²) in [6.07, 6.45) is 5.09. The highest BCUT2D eigenvalue weighted by molar-refractivity contribution is 14.1. The fourth-order valence-corrected chi connectivity index (χ4v) is 4.00. The Morgan fingerprint density at radius 2 is 1.81 bits per heavy atom. The van der Waals surface area contributed by atoms with Gasteiger partial charge in [-0.1, -0.05) is 0 Å². The van der Waals surface area contributed by atoms with Crippen molar-refractivity contribution >= 4 is 34.0 Å². The summed E-state index contributed by atoms with van der Waals surface area (Å²) in [6, 6.07) is 3.33. The van der Waals surface area contributed by atoms with Crippen LogP contribution in [0.15, 0.2) is 12.1 Å². The zero-order chi connectivity index (χ0) is 14.8. The number of piperidine rings is 1. The summed E-state index contributed by atoms with van der Waals surface area (Å²) >= 11 is 1.99. The molecule has 0 unspecified atom stereocenters. The smallest absolute Gasteiger partial charge is 0.138 e. The van der Waals surface area contributed by atoms with Crippen molar-refractivity contribution in [1.29, 1.82) is 0 Å². The van der Waals surface area contributed by atoms with Crippen LogP contribution in [-0.4, -0.2) is 37.6 Å². The molecule has 0 amide bonds. The largest absolute Gasteiger partial charge is 0.397 e. The minimum absolute atomic E-state index is 0.168. The molecule has 5 heteroatoms. The van der Waals surface area contributed by atoms with Gasteiger partial charge in [-0.15, -0.1) is 0 Å². The number of hydrogen-bond acceptors (Lipinski definition) is 3. The fraction of sp³-hybridized carbons (Fsp3) is 0.625. The van der Waals surface area contributed by atoms with Crippen LogP contribution in [0.5, 0.6) is 0 Å². The number of halogens is 2. The fourth-order valence-electron chi connectivity index (χ4n) is 3.51. The minimum Gasteiger partial charge on any atom is -0.397 e. The lowest BCUT2D eigenvalue weighted by molar-refractivity contribution is 0.249. The summed E-state index contributed by atoms with van der Waals surface area (Å²) in [6.45, 7) is 5.76. The monoisotopic (exact) mass is 403 g/mol. The summed E-state index contributed by atoms with van der Waals surface area (Å²) in [5, 5.41) is 0. The van der Waals surface area contributed by atoms with Crippen molar-refractivity contribution in [2.24, 2.45) is 5.92 Å². The van der Waals surface area contributed by atoms with E-state index in [0.717, 1.165) is 24.7 Å². The molecule has 0 atom stereocenters. The number of nitrogens with two attached hydrogens (primary N) is 1. The molecule has 0 radical (unpaired) electrons. The first kappa shape index (κ1) is 15.3. The van der Waals surface area contributed by atoms with Gasteiger partial charge >= 0.3 is 0 Å². The Kier molecular flexibility index (Phi) is 4.88. The van der Waals surface area contributed by atoms with E-state index in [2.05, 4.69) is 9.80 Å². The molecule has 2 aliphatic heterocycles. The third kappa shape index (κ3) is 3.62. The van der Waals surface area contributed by atoms with E-state index in [9.17, 15) is 4.39 Å². The van der Waals surface area contributed by atoms with Crippen molar-refractivity contribution in [2.75, 3.05) is 43.4 Å². The Hall–Kier alpha value is -0.560. The molecule has 3 rings (SSSR count). The van der Waals surface area contributed by atoms with Crippen LogP contribution in [0.2, 0.25) is 0 Å². The number of benzene rings is 1. The van der Waals surface area contributed by atoms with Crippen molar-refractivity contribution in [2.45, 2.75) is 25.7 Å². The van der Waals surface area contributed by atoms with E-state index >= 15 is 0 Å². The molecule has 0 spiro atoms. The average Bonchev–Trinajstić information content (AvgIpc) is 2.97. The van der Waals surface area contributed by atoms with Crippen molar-refractivity contribution in [3.8, 4) is 0 Å². The predicted octanol–water partition coefficient (Wildman–Crippen LogP) is 3.32. The first-order valence-electron chi connectivity index (χ1n) is 7.85. The van der Waals surface area contributed by atoms with Gasteiger partial charge < -0.3 is 15.5 Å². The molecular weight excluding hydrogens is 380 g/mol. The summed E-state index contributed by atoms with van der Waals surface area (Å²) in [7, 11) is 0. The maximum Gasteiger partial charge on any atom is 0.138 e. The number of likely N-dealkylation sites (tertiary alicyclic amines) is 1. The Morgan fingerprint density at radius 3 is 2.48 bits per heavy atom. The second kappa shape index (κ2) is 6.69. The zero-order valence-electron chi connectivity index (χ0n) is 12.3. The second-order valence-electron chi connectivity index (χ2n) is 6.26. The predicted molar refractivity (Wildman–Crippen MR) is 94.1 cm³/mol. The first-order chi connectivity index (χ1) is 10.1. The number of hydrogen-bond donors (Lipinski definition) is 1. The molecule has 0 aliphatic carbocycles. The molecule has 1 aromatic carbocycles. The molecule has 2 N–H and O–H groups in total. The molecule has 2 saturated heterocycles. The lowest BCUT2D eigenvalue weighted by Crippen LogP contribution is -2.38. The van der Waals surface area contributed by atoms with Crippen LogP contribution in [0.4, 0.5) is 15.8 Å². The number of nitrogens with zero attached hydrogens (tertiary/aromatic N) is 2. The molecule has 0 saturated carbocycles. The normalized spacial score (nSPS) is 21.1. The first-order valence-corrected chi connectivity index (χ1v) is 8.93. The van der Waals surface area contributed by atoms with Crippen molar-refractivity contribution in [1.82, 2.24) is 4.90 Å². The quantitative estimate of drug-likeness (QED) is 0.621. The molecule has 2 heterocycles. The standard InChI is InChI=1S/C16H23FIN3/c17-13-9-16(15(19)10-14(13)18)21-7-3-12(4-8-21)11-20-5-1-2-6-20/h9-10,12H,1-8,11,19H2. The third-order valence-corrected chi connectivity index (χ3v) is 5.57. The van der Waals surface area contributed by atoms with Gasteiger partial charge in [0.05, 0.1) is 14.9 Å². The van der Waals surface area contributed by atoms with Gasteiger partial charge in [-0.2, -0.15) is 0 Å². The van der Waals surface area contributed by atoms with Crippen molar-refractivity contribution < 1.29 is 4.39 Å². The van der Waals surface area contributed by atoms with Gasteiger partial charge in [0.1, 0.15) is 5.82 Å². The summed E-state index contributed by atoms with van der Waals surface area (Å²) in [4.78, 5) is 4.84. The minimum atomic E-state index is -0.168. The van der Waals surface area contributed by atoms with Crippen molar-refractivity contribution in [3.05, 3.63) is 21.5 Å². The summed E-state index contributed by atoms with van der Waals surface area (Å²) < 4.78 is 14.4. The van der Waals surface area contributed by atoms with Crippen LogP contribution in [0.3, 0.4) is 0 Å². The zero-order valence-corrected chi connectivity index (χ0v) is 14.5.